The topological polar surface area (TPSA) is 34.1 Å². The molecule has 0 bridgehead atoms. The smallest absolute Gasteiger partial charge is 0.182 e. The Bertz CT molecular complexity index is 651. The quantitative estimate of drug-likeness (QED) is 0.807. The molecule has 0 radical (unpaired) electrons. The predicted octanol–water partition coefficient (Wildman–Crippen LogP) is 3.56. The van der Waals surface area contributed by atoms with E-state index in [2.05, 4.69) is 15.9 Å². The highest BCUT2D eigenvalue weighted by atomic mass is 79.9. The van der Waals surface area contributed by atoms with Crippen molar-refractivity contribution >= 4 is 25.8 Å². The van der Waals surface area contributed by atoms with Gasteiger partial charge in [0.15, 0.2) is 9.84 Å². The Hall–Kier alpha value is -1.20. The van der Waals surface area contributed by atoms with Crippen molar-refractivity contribution in [1.82, 2.24) is 0 Å². The largest absolute Gasteiger partial charge is 0.223 e. The van der Waals surface area contributed by atoms with Crippen LogP contribution in [0, 0.1) is 5.82 Å². The molecule has 0 N–H and O–H groups in total. The number of hydrogen-bond acceptors (Lipinski definition) is 2. The molecule has 0 fully saturated rings. The van der Waals surface area contributed by atoms with Gasteiger partial charge in [-0.05, 0) is 42.0 Å². The Morgan fingerprint density at radius 1 is 1.06 bits per heavy atom. The summed E-state index contributed by atoms with van der Waals surface area (Å²) in [6.07, 6.45) is 0. The average molecular weight is 329 g/mol. The molecule has 94 valence electrons. The average Bonchev–Trinajstić information content (AvgIpc) is 2.29. The van der Waals surface area contributed by atoms with Crippen molar-refractivity contribution < 1.29 is 12.8 Å². The second-order valence-electron chi connectivity index (χ2n) is 3.84. The van der Waals surface area contributed by atoms with Gasteiger partial charge in [0.1, 0.15) is 5.82 Å². The lowest BCUT2D eigenvalue weighted by Crippen LogP contribution is -2.04. The Kier molecular flexibility index (Phi) is 3.82. The van der Waals surface area contributed by atoms with Crippen molar-refractivity contribution in [2.24, 2.45) is 0 Å². The standard InChI is InChI=1S/C13H10BrFO2S/c14-11-3-1-2-10(8-11)9-18(16,17)13-6-4-12(15)5-7-13/h1-8H,9H2. The van der Waals surface area contributed by atoms with Crippen LogP contribution < -0.4 is 0 Å². The molecule has 0 aliphatic carbocycles. The lowest BCUT2D eigenvalue weighted by atomic mass is 10.2. The molecule has 0 aliphatic rings. The molecule has 18 heavy (non-hydrogen) atoms. The maximum atomic E-state index is 12.8. The van der Waals surface area contributed by atoms with Gasteiger partial charge < -0.3 is 0 Å². The number of rotatable bonds is 3. The highest BCUT2D eigenvalue weighted by Crippen LogP contribution is 2.19. The molecule has 2 rings (SSSR count). The van der Waals surface area contributed by atoms with Crippen molar-refractivity contribution in [2.75, 3.05) is 0 Å². The van der Waals surface area contributed by atoms with Crippen molar-refractivity contribution in [3.63, 3.8) is 0 Å². The first-order chi connectivity index (χ1) is 8.47. The van der Waals surface area contributed by atoms with Crippen LogP contribution in [0.1, 0.15) is 5.56 Å². The van der Waals surface area contributed by atoms with Gasteiger partial charge in [0.25, 0.3) is 0 Å². The molecule has 2 aromatic rings. The first-order valence-corrected chi connectivity index (χ1v) is 7.65. The summed E-state index contributed by atoms with van der Waals surface area (Å²) in [5, 5.41) is 0. The highest BCUT2D eigenvalue weighted by Gasteiger charge is 2.15. The van der Waals surface area contributed by atoms with Gasteiger partial charge in [-0.25, -0.2) is 12.8 Å². The van der Waals surface area contributed by atoms with E-state index in [0.29, 0.717) is 5.56 Å². The third-order valence-corrected chi connectivity index (χ3v) is 4.62. The Balaban J connectivity index is 2.30. The second-order valence-corrected chi connectivity index (χ2v) is 6.75. The molecule has 2 aromatic carbocycles. The SMILES string of the molecule is O=S(=O)(Cc1cccc(Br)c1)c1ccc(F)cc1. The maximum Gasteiger partial charge on any atom is 0.182 e. The number of benzene rings is 2. The van der Waals surface area contributed by atoms with E-state index >= 15 is 0 Å². The van der Waals surface area contributed by atoms with E-state index in [4.69, 9.17) is 0 Å². The summed E-state index contributed by atoms with van der Waals surface area (Å²) in [5.41, 5.74) is 0.689. The fourth-order valence-corrected chi connectivity index (χ4v) is 3.35. The van der Waals surface area contributed by atoms with Gasteiger partial charge in [0.2, 0.25) is 0 Å². The zero-order valence-electron chi connectivity index (χ0n) is 9.31. The molecular formula is C13H10BrFO2S. The molecule has 0 spiro atoms. The zero-order chi connectivity index (χ0) is 13.2. The molecule has 5 heteroatoms. The van der Waals surface area contributed by atoms with Gasteiger partial charge in [-0.3, -0.25) is 0 Å². The first-order valence-electron chi connectivity index (χ1n) is 5.20. The minimum atomic E-state index is -3.43. The van der Waals surface area contributed by atoms with Crippen molar-refractivity contribution in [3.05, 3.63) is 64.4 Å². The number of hydrogen-bond donors (Lipinski definition) is 0. The van der Waals surface area contributed by atoms with Crippen LogP contribution in [0.25, 0.3) is 0 Å². The fourth-order valence-electron chi connectivity index (χ4n) is 1.57. The number of sulfone groups is 1. The summed E-state index contributed by atoms with van der Waals surface area (Å²) in [7, 11) is -3.43. The van der Waals surface area contributed by atoms with E-state index in [0.717, 1.165) is 16.6 Å². The summed E-state index contributed by atoms with van der Waals surface area (Å²) >= 11 is 3.29. The molecule has 0 amide bonds. The Morgan fingerprint density at radius 2 is 1.72 bits per heavy atom. The first kappa shape index (κ1) is 13.2. The summed E-state index contributed by atoms with van der Waals surface area (Å²) < 4.78 is 37.8. The Labute approximate surface area is 114 Å². The van der Waals surface area contributed by atoms with Gasteiger partial charge in [-0.1, -0.05) is 28.1 Å². The van der Waals surface area contributed by atoms with E-state index in [1.165, 1.54) is 12.1 Å². The van der Waals surface area contributed by atoms with Crippen molar-refractivity contribution in [2.45, 2.75) is 10.6 Å². The van der Waals surface area contributed by atoms with Crippen LogP contribution in [0.2, 0.25) is 0 Å². The summed E-state index contributed by atoms with van der Waals surface area (Å²) in [6.45, 7) is 0. The van der Waals surface area contributed by atoms with Crippen LogP contribution in [0.5, 0.6) is 0 Å². The van der Waals surface area contributed by atoms with Crippen molar-refractivity contribution in [1.29, 1.82) is 0 Å². The summed E-state index contributed by atoms with van der Waals surface area (Å²) in [4.78, 5) is 0.129. The molecule has 0 saturated carbocycles. The number of halogens is 2. The molecule has 0 atom stereocenters. The maximum absolute atomic E-state index is 12.8. The van der Waals surface area contributed by atoms with Gasteiger partial charge in [0.05, 0.1) is 10.6 Å². The normalized spacial score (nSPS) is 11.4. The third kappa shape index (κ3) is 3.17. The van der Waals surface area contributed by atoms with Crippen LogP contribution in [0.4, 0.5) is 4.39 Å². The highest BCUT2D eigenvalue weighted by molar-refractivity contribution is 9.10. The van der Waals surface area contributed by atoms with Crippen LogP contribution >= 0.6 is 15.9 Å². The van der Waals surface area contributed by atoms with E-state index < -0.39 is 15.7 Å². The van der Waals surface area contributed by atoms with Crippen molar-refractivity contribution in [3.8, 4) is 0 Å². The molecule has 2 nitrogen and oxygen atoms in total. The molecule has 0 heterocycles. The lowest BCUT2D eigenvalue weighted by Gasteiger charge is -2.05. The van der Waals surface area contributed by atoms with E-state index in [1.54, 1.807) is 18.2 Å². The fraction of sp³-hybridized carbons (Fsp3) is 0.0769. The molecule has 0 saturated heterocycles. The van der Waals surface area contributed by atoms with E-state index in [9.17, 15) is 12.8 Å². The second kappa shape index (κ2) is 5.20. The van der Waals surface area contributed by atoms with Gasteiger partial charge in [0, 0.05) is 4.47 Å². The monoisotopic (exact) mass is 328 g/mol. The Morgan fingerprint density at radius 3 is 2.33 bits per heavy atom. The van der Waals surface area contributed by atoms with E-state index in [-0.39, 0.29) is 10.6 Å². The van der Waals surface area contributed by atoms with Crippen LogP contribution in [-0.4, -0.2) is 8.42 Å². The molecule has 0 aromatic heterocycles. The predicted molar refractivity (Wildman–Crippen MR) is 71.4 cm³/mol. The third-order valence-electron chi connectivity index (χ3n) is 2.42. The lowest BCUT2D eigenvalue weighted by molar-refractivity contribution is 0.594. The molecule has 0 aliphatic heterocycles. The van der Waals surface area contributed by atoms with Gasteiger partial charge >= 0.3 is 0 Å². The molecule has 0 unspecified atom stereocenters. The summed E-state index contributed by atoms with van der Waals surface area (Å²) in [6, 6.07) is 12.0. The minimum absolute atomic E-state index is 0.0991. The molecular weight excluding hydrogens is 319 g/mol. The van der Waals surface area contributed by atoms with E-state index in [1.807, 2.05) is 6.07 Å². The van der Waals surface area contributed by atoms with Crippen LogP contribution in [-0.2, 0) is 15.6 Å². The zero-order valence-corrected chi connectivity index (χ0v) is 11.7. The van der Waals surface area contributed by atoms with Gasteiger partial charge in [-0.2, -0.15) is 0 Å². The van der Waals surface area contributed by atoms with Crippen LogP contribution in [0.15, 0.2) is 57.9 Å². The summed E-state index contributed by atoms with van der Waals surface area (Å²) in [5.74, 6) is -0.547. The van der Waals surface area contributed by atoms with Crippen LogP contribution in [0.3, 0.4) is 0 Å². The van der Waals surface area contributed by atoms with Gasteiger partial charge in [-0.15, -0.1) is 0 Å². The minimum Gasteiger partial charge on any atom is -0.223 e.